The third-order valence-corrected chi connectivity index (χ3v) is 3.28. The summed E-state index contributed by atoms with van der Waals surface area (Å²) in [6.07, 6.45) is 4.23. The van der Waals surface area contributed by atoms with Crippen LogP contribution >= 0.6 is 11.3 Å². The van der Waals surface area contributed by atoms with E-state index in [1.54, 1.807) is 17.5 Å². The van der Waals surface area contributed by atoms with Gasteiger partial charge in [0.25, 0.3) is 0 Å². The zero-order valence-corrected chi connectivity index (χ0v) is 11.2. The Kier molecular flexibility index (Phi) is 3.19. The summed E-state index contributed by atoms with van der Waals surface area (Å²) in [6, 6.07) is 0. The Balaban J connectivity index is 1.95. The predicted octanol–water partition coefficient (Wildman–Crippen LogP) is 2.45. The van der Waals surface area contributed by atoms with Crippen LogP contribution in [0.2, 0.25) is 0 Å². The van der Waals surface area contributed by atoms with E-state index in [2.05, 4.69) is 31.1 Å². The lowest BCUT2D eigenvalue weighted by Gasteiger charge is -2.17. The van der Waals surface area contributed by atoms with Crippen molar-refractivity contribution < 1.29 is 4.79 Å². The number of nitrogens with zero attached hydrogens (tertiary/aromatic N) is 2. The molecular formula is C12H17N3OS. The van der Waals surface area contributed by atoms with Crippen LogP contribution in [0.5, 0.6) is 0 Å². The molecule has 2 rings (SSSR count). The molecule has 2 aromatic heterocycles. The molecule has 0 unspecified atom stereocenters. The summed E-state index contributed by atoms with van der Waals surface area (Å²) in [5.74, 6) is 0.0944. The molecule has 5 heteroatoms. The number of hydrogen-bond acceptors (Lipinski definition) is 3. The van der Waals surface area contributed by atoms with E-state index in [9.17, 15) is 4.79 Å². The van der Waals surface area contributed by atoms with Gasteiger partial charge in [-0.1, -0.05) is 20.8 Å². The van der Waals surface area contributed by atoms with E-state index in [1.807, 2.05) is 16.0 Å². The molecule has 4 nitrogen and oxygen atoms in total. The fourth-order valence-electron chi connectivity index (χ4n) is 1.63. The Hall–Kier alpha value is -1.36. The van der Waals surface area contributed by atoms with Crippen LogP contribution in [0, 0.1) is 5.41 Å². The minimum atomic E-state index is 0.0308. The first-order chi connectivity index (χ1) is 7.96. The monoisotopic (exact) mass is 251 g/mol. The molecule has 1 N–H and O–H groups in total. The Bertz CT molecular complexity index is 521. The summed E-state index contributed by atoms with van der Waals surface area (Å²) < 4.78 is 2.00. The van der Waals surface area contributed by atoms with E-state index < -0.39 is 0 Å². The minimum absolute atomic E-state index is 0.0308. The molecular weight excluding hydrogens is 234 g/mol. The summed E-state index contributed by atoms with van der Waals surface area (Å²) in [4.78, 5) is 16.9. The van der Waals surface area contributed by atoms with Crippen molar-refractivity contribution in [2.45, 2.75) is 33.7 Å². The van der Waals surface area contributed by atoms with Crippen molar-refractivity contribution in [2.75, 3.05) is 0 Å². The highest BCUT2D eigenvalue weighted by Gasteiger charge is 2.15. The van der Waals surface area contributed by atoms with Gasteiger partial charge in [-0.3, -0.25) is 9.20 Å². The third-order valence-electron chi connectivity index (χ3n) is 2.37. The molecule has 0 aromatic carbocycles. The van der Waals surface area contributed by atoms with E-state index in [-0.39, 0.29) is 11.3 Å². The second-order valence-electron chi connectivity index (χ2n) is 5.32. The fourth-order valence-corrected chi connectivity index (χ4v) is 2.48. The first kappa shape index (κ1) is 12.1. The minimum Gasteiger partial charge on any atom is -0.350 e. The second kappa shape index (κ2) is 4.49. The summed E-state index contributed by atoms with van der Waals surface area (Å²) in [5, 5.41) is 4.97. The summed E-state index contributed by atoms with van der Waals surface area (Å²) in [5.41, 5.74) is 1.10. The summed E-state index contributed by atoms with van der Waals surface area (Å²) in [6.45, 7) is 6.74. The van der Waals surface area contributed by atoms with Crippen LogP contribution in [0.15, 0.2) is 17.8 Å². The highest BCUT2D eigenvalue weighted by molar-refractivity contribution is 7.15. The molecule has 0 atom stereocenters. The molecule has 17 heavy (non-hydrogen) atoms. The maximum Gasteiger partial charge on any atom is 0.220 e. The van der Waals surface area contributed by atoms with Gasteiger partial charge in [-0.2, -0.15) is 0 Å². The molecule has 0 fully saturated rings. The number of carbonyl (C=O) groups is 1. The number of nitrogens with one attached hydrogen (secondary N) is 1. The van der Waals surface area contributed by atoms with E-state index >= 15 is 0 Å². The standard InChI is InChI=1S/C12H17N3OS/c1-12(2,3)6-10(16)14-7-9-8-17-11-13-4-5-15(9)11/h4-5,8H,6-7H2,1-3H3,(H,14,16). The third kappa shape index (κ3) is 3.06. The molecule has 0 saturated carbocycles. The van der Waals surface area contributed by atoms with Gasteiger partial charge in [-0.05, 0) is 5.41 Å². The Morgan fingerprint density at radius 1 is 1.53 bits per heavy atom. The lowest BCUT2D eigenvalue weighted by molar-refractivity contribution is -0.122. The number of amides is 1. The van der Waals surface area contributed by atoms with Crippen molar-refractivity contribution in [1.82, 2.24) is 14.7 Å². The van der Waals surface area contributed by atoms with E-state index in [0.29, 0.717) is 13.0 Å². The first-order valence-corrected chi connectivity index (χ1v) is 6.50. The molecule has 0 bridgehead atoms. The average Bonchev–Trinajstić information content (AvgIpc) is 2.73. The summed E-state index contributed by atoms with van der Waals surface area (Å²) >= 11 is 1.59. The fraction of sp³-hybridized carbons (Fsp3) is 0.500. The maximum absolute atomic E-state index is 11.7. The molecule has 0 aliphatic heterocycles. The number of thiazole rings is 1. The van der Waals surface area contributed by atoms with Gasteiger partial charge in [0.05, 0.1) is 12.2 Å². The van der Waals surface area contributed by atoms with Gasteiger partial charge in [0, 0.05) is 24.2 Å². The van der Waals surface area contributed by atoms with Crippen molar-refractivity contribution in [1.29, 1.82) is 0 Å². The molecule has 0 saturated heterocycles. The first-order valence-electron chi connectivity index (χ1n) is 5.62. The zero-order valence-electron chi connectivity index (χ0n) is 10.4. The normalized spacial score (nSPS) is 11.9. The highest BCUT2D eigenvalue weighted by Crippen LogP contribution is 2.18. The molecule has 0 spiro atoms. The van der Waals surface area contributed by atoms with Crippen LogP contribution in [0.25, 0.3) is 4.96 Å². The molecule has 92 valence electrons. The topological polar surface area (TPSA) is 46.4 Å². The molecule has 0 aliphatic rings. The number of rotatable bonds is 3. The molecule has 2 aromatic rings. The summed E-state index contributed by atoms with van der Waals surface area (Å²) in [7, 11) is 0. The maximum atomic E-state index is 11.7. The van der Waals surface area contributed by atoms with Crippen LogP contribution in [0.3, 0.4) is 0 Å². The Morgan fingerprint density at radius 2 is 2.29 bits per heavy atom. The van der Waals surface area contributed by atoms with Crippen LogP contribution in [0.1, 0.15) is 32.9 Å². The smallest absolute Gasteiger partial charge is 0.220 e. The van der Waals surface area contributed by atoms with Crippen molar-refractivity contribution >= 4 is 22.2 Å². The molecule has 0 radical (unpaired) electrons. The van der Waals surface area contributed by atoms with Crippen molar-refractivity contribution in [2.24, 2.45) is 5.41 Å². The number of carbonyl (C=O) groups excluding carboxylic acids is 1. The quantitative estimate of drug-likeness (QED) is 0.910. The highest BCUT2D eigenvalue weighted by atomic mass is 32.1. The van der Waals surface area contributed by atoms with Gasteiger partial charge in [-0.15, -0.1) is 11.3 Å². The molecule has 0 aliphatic carbocycles. The van der Waals surface area contributed by atoms with Crippen LogP contribution < -0.4 is 5.32 Å². The van der Waals surface area contributed by atoms with Gasteiger partial charge in [-0.25, -0.2) is 4.98 Å². The second-order valence-corrected chi connectivity index (χ2v) is 6.16. The average molecular weight is 251 g/mol. The molecule has 1 amide bonds. The molecule has 2 heterocycles. The number of hydrogen-bond donors (Lipinski definition) is 1. The van der Waals surface area contributed by atoms with Crippen LogP contribution in [0.4, 0.5) is 0 Å². The SMILES string of the molecule is CC(C)(C)CC(=O)NCc1csc2nccn12. The van der Waals surface area contributed by atoms with Gasteiger partial charge in [0.1, 0.15) is 0 Å². The van der Waals surface area contributed by atoms with Crippen LogP contribution in [-0.2, 0) is 11.3 Å². The number of aromatic nitrogens is 2. The predicted molar refractivity (Wildman–Crippen MR) is 69.0 cm³/mol. The van der Waals surface area contributed by atoms with E-state index in [0.717, 1.165) is 10.7 Å². The van der Waals surface area contributed by atoms with E-state index in [4.69, 9.17) is 0 Å². The number of imidazole rings is 1. The van der Waals surface area contributed by atoms with Gasteiger partial charge in [0.2, 0.25) is 5.91 Å². The lowest BCUT2D eigenvalue weighted by Crippen LogP contribution is -2.27. The van der Waals surface area contributed by atoms with Crippen LogP contribution in [-0.4, -0.2) is 15.3 Å². The zero-order chi connectivity index (χ0) is 12.5. The van der Waals surface area contributed by atoms with Gasteiger partial charge >= 0.3 is 0 Å². The van der Waals surface area contributed by atoms with Crippen molar-refractivity contribution in [3.05, 3.63) is 23.5 Å². The Labute approximate surface area is 105 Å². The van der Waals surface area contributed by atoms with Crippen molar-refractivity contribution in [3.63, 3.8) is 0 Å². The number of fused-ring (bicyclic) bond motifs is 1. The van der Waals surface area contributed by atoms with E-state index in [1.165, 1.54) is 0 Å². The Morgan fingerprint density at radius 3 is 3.00 bits per heavy atom. The lowest BCUT2D eigenvalue weighted by atomic mass is 9.92. The largest absolute Gasteiger partial charge is 0.350 e. The van der Waals surface area contributed by atoms with Crippen molar-refractivity contribution in [3.8, 4) is 0 Å². The van der Waals surface area contributed by atoms with Gasteiger partial charge in [0.15, 0.2) is 4.96 Å². The van der Waals surface area contributed by atoms with Gasteiger partial charge < -0.3 is 5.32 Å².